The van der Waals surface area contributed by atoms with Gasteiger partial charge < -0.3 is 5.11 Å². The highest BCUT2D eigenvalue weighted by molar-refractivity contribution is 7.09. The lowest BCUT2D eigenvalue weighted by Crippen LogP contribution is -2.31. The van der Waals surface area contributed by atoms with E-state index in [0.717, 1.165) is 42.9 Å². The van der Waals surface area contributed by atoms with Crippen molar-refractivity contribution in [3.63, 3.8) is 0 Å². The van der Waals surface area contributed by atoms with Gasteiger partial charge in [-0.15, -0.1) is 11.3 Å². The zero-order valence-corrected chi connectivity index (χ0v) is 12.1. The summed E-state index contributed by atoms with van der Waals surface area (Å²) in [6, 6.07) is 5.57. The number of thiazole rings is 1. The first kappa shape index (κ1) is 13.3. The number of fused-ring (bicyclic) bond motifs is 1. The van der Waals surface area contributed by atoms with Crippen LogP contribution in [0, 0.1) is 6.92 Å². The molecule has 0 bridgehead atoms. The lowest BCUT2D eigenvalue weighted by atomic mass is 9.94. The van der Waals surface area contributed by atoms with Crippen molar-refractivity contribution in [1.82, 2.24) is 9.88 Å². The number of aromatic nitrogens is 1. The second-order valence-corrected chi connectivity index (χ2v) is 6.01. The summed E-state index contributed by atoms with van der Waals surface area (Å²) < 4.78 is 0. The van der Waals surface area contributed by atoms with Gasteiger partial charge in [-0.05, 0) is 30.5 Å². The zero-order chi connectivity index (χ0) is 14.1. The van der Waals surface area contributed by atoms with Crippen LogP contribution in [0.5, 0.6) is 0 Å². The van der Waals surface area contributed by atoms with Gasteiger partial charge in [-0.1, -0.05) is 12.1 Å². The minimum Gasteiger partial charge on any atom is -0.478 e. The second-order valence-electron chi connectivity index (χ2n) is 5.07. The van der Waals surface area contributed by atoms with Gasteiger partial charge in [0.05, 0.1) is 16.8 Å². The molecule has 0 amide bonds. The van der Waals surface area contributed by atoms with Crippen molar-refractivity contribution in [2.45, 2.75) is 26.4 Å². The maximum absolute atomic E-state index is 11.2. The number of benzene rings is 1. The van der Waals surface area contributed by atoms with Gasteiger partial charge in [0.2, 0.25) is 0 Å². The van der Waals surface area contributed by atoms with Crippen molar-refractivity contribution >= 4 is 17.3 Å². The minimum atomic E-state index is -0.825. The van der Waals surface area contributed by atoms with E-state index in [9.17, 15) is 9.90 Å². The molecule has 104 valence electrons. The van der Waals surface area contributed by atoms with Crippen LogP contribution in [0.1, 0.15) is 32.1 Å². The van der Waals surface area contributed by atoms with Crippen molar-refractivity contribution in [2.75, 3.05) is 6.54 Å². The van der Waals surface area contributed by atoms with E-state index in [2.05, 4.69) is 9.88 Å². The quantitative estimate of drug-likeness (QED) is 0.943. The van der Waals surface area contributed by atoms with Crippen LogP contribution in [0.15, 0.2) is 23.7 Å². The molecule has 20 heavy (non-hydrogen) atoms. The number of rotatable bonds is 3. The summed E-state index contributed by atoms with van der Waals surface area (Å²) in [5, 5.41) is 9.23. The van der Waals surface area contributed by atoms with Gasteiger partial charge in [-0.25, -0.2) is 9.78 Å². The fraction of sp³-hybridized carbons (Fsp3) is 0.333. The molecule has 1 N–H and O–H groups in total. The number of aromatic carboxylic acids is 1. The molecular weight excluding hydrogens is 272 g/mol. The summed E-state index contributed by atoms with van der Waals surface area (Å²) in [5.74, 6) is -0.825. The van der Waals surface area contributed by atoms with E-state index >= 15 is 0 Å². The Morgan fingerprint density at radius 2 is 2.35 bits per heavy atom. The summed E-state index contributed by atoms with van der Waals surface area (Å²) in [6.45, 7) is 4.64. The first-order valence-electron chi connectivity index (χ1n) is 6.60. The molecule has 0 fully saturated rings. The Kier molecular flexibility index (Phi) is 3.54. The molecule has 3 rings (SSSR count). The maximum Gasteiger partial charge on any atom is 0.335 e. The van der Waals surface area contributed by atoms with Gasteiger partial charge in [-0.2, -0.15) is 0 Å². The Morgan fingerprint density at radius 1 is 1.50 bits per heavy atom. The van der Waals surface area contributed by atoms with Gasteiger partial charge in [0.15, 0.2) is 0 Å². The zero-order valence-electron chi connectivity index (χ0n) is 11.3. The average Bonchev–Trinajstić information content (AvgIpc) is 2.83. The third kappa shape index (κ3) is 2.46. The predicted octanol–water partition coefficient (Wildman–Crippen LogP) is 2.71. The maximum atomic E-state index is 11.2. The lowest BCUT2D eigenvalue weighted by molar-refractivity contribution is 0.0694. The van der Waals surface area contributed by atoms with E-state index < -0.39 is 5.97 Å². The third-order valence-electron chi connectivity index (χ3n) is 3.79. The largest absolute Gasteiger partial charge is 0.478 e. The molecule has 0 atom stereocenters. The van der Waals surface area contributed by atoms with Crippen LogP contribution < -0.4 is 0 Å². The number of aryl methyl sites for hydroxylation is 1. The molecule has 4 nitrogen and oxygen atoms in total. The average molecular weight is 288 g/mol. The number of hydrogen-bond acceptors (Lipinski definition) is 4. The first-order valence-corrected chi connectivity index (χ1v) is 7.48. The van der Waals surface area contributed by atoms with E-state index in [-0.39, 0.29) is 0 Å². The van der Waals surface area contributed by atoms with Gasteiger partial charge in [0.25, 0.3) is 0 Å². The van der Waals surface area contributed by atoms with Crippen LogP contribution in [-0.4, -0.2) is 27.5 Å². The molecule has 0 unspecified atom stereocenters. The van der Waals surface area contributed by atoms with E-state index in [1.807, 2.05) is 24.6 Å². The van der Waals surface area contributed by atoms with Crippen LogP contribution in [0.25, 0.3) is 0 Å². The van der Waals surface area contributed by atoms with Crippen molar-refractivity contribution < 1.29 is 9.90 Å². The summed E-state index contributed by atoms with van der Waals surface area (Å²) in [5.41, 5.74) is 5.57. The van der Waals surface area contributed by atoms with Crippen molar-refractivity contribution in [3.05, 3.63) is 51.0 Å². The fourth-order valence-corrected chi connectivity index (χ4v) is 3.50. The molecule has 2 aromatic rings. The summed E-state index contributed by atoms with van der Waals surface area (Å²) >= 11 is 1.69. The monoisotopic (exact) mass is 288 g/mol. The third-order valence-corrected chi connectivity index (χ3v) is 4.71. The molecule has 0 aliphatic carbocycles. The number of hydrogen-bond donors (Lipinski definition) is 1. The van der Waals surface area contributed by atoms with Crippen LogP contribution in [0.3, 0.4) is 0 Å². The number of carbonyl (C=O) groups is 1. The van der Waals surface area contributed by atoms with Gasteiger partial charge >= 0.3 is 5.97 Å². The van der Waals surface area contributed by atoms with Crippen molar-refractivity contribution in [1.29, 1.82) is 0 Å². The first-order chi connectivity index (χ1) is 9.65. The number of carboxylic acid groups (broad SMARTS) is 1. The molecule has 1 aromatic carbocycles. The molecular formula is C15H16N2O2S. The summed E-state index contributed by atoms with van der Waals surface area (Å²) in [4.78, 5) is 19.2. The topological polar surface area (TPSA) is 53.4 Å². The molecule has 0 radical (unpaired) electrons. The number of carboxylic acids is 1. The van der Waals surface area contributed by atoms with Crippen LogP contribution in [0.2, 0.25) is 0 Å². The van der Waals surface area contributed by atoms with Crippen LogP contribution in [0.4, 0.5) is 0 Å². The smallest absolute Gasteiger partial charge is 0.335 e. The lowest BCUT2D eigenvalue weighted by Gasteiger charge is -2.29. The van der Waals surface area contributed by atoms with E-state index in [0.29, 0.717) is 5.56 Å². The Hall–Kier alpha value is -1.72. The molecule has 0 spiro atoms. The standard InChI is InChI=1S/C15H16N2O2S/c1-10-14(20-9-16-10)8-17-6-5-12-11(7-17)3-2-4-13(12)15(18)19/h2-4,9H,5-8H2,1H3,(H,18,19). The highest BCUT2D eigenvalue weighted by Crippen LogP contribution is 2.25. The highest BCUT2D eigenvalue weighted by atomic mass is 32.1. The van der Waals surface area contributed by atoms with Crippen molar-refractivity contribution in [2.24, 2.45) is 0 Å². The van der Waals surface area contributed by atoms with Gasteiger partial charge in [0, 0.05) is 24.5 Å². The Balaban J connectivity index is 1.81. The molecule has 0 saturated heterocycles. The minimum absolute atomic E-state index is 0.455. The predicted molar refractivity (Wildman–Crippen MR) is 78.1 cm³/mol. The second kappa shape index (κ2) is 5.34. The van der Waals surface area contributed by atoms with Crippen LogP contribution >= 0.6 is 11.3 Å². The summed E-state index contributed by atoms with van der Waals surface area (Å²) in [6.07, 6.45) is 0.801. The van der Waals surface area contributed by atoms with Crippen molar-refractivity contribution in [3.8, 4) is 0 Å². The van der Waals surface area contributed by atoms with Gasteiger partial charge in [0.1, 0.15) is 0 Å². The normalized spacial score (nSPS) is 15.1. The number of nitrogens with zero attached hydrogens (tertiary/aromatic N) is 2. The van der Waals surface area contributed by atoms with E-state index in [1.165, 1.54) is 4.88 Å². The van der Waals surface area contributed by atoms with E-state index in [4.69, 9.17) is 0 Å². The summed E-state index contributed by atoms with van der Waals surface area (Å²) in [7, 11) is 0. The molecule has 5 heteroatoms. The fourth-order valence-electron chi connectivity index (χ4n) is 2.68. The van der Waals surface area contributed by atoms with E-state index in [1.54, 1.807) is 17.4 Å². The molecule has 1 aliphatic heterocycles. The van der Waals surface area contributed by atoms with Crippen LogP contribution in [-0.2, 0) is 19.5 Å². The van der Waals surface area contributed by atoms with Gasteiger partial charge in [-0.3, -0.25) is 4.90 Å². The molecule has 1 aromatic heterocycles. The highest BCUT2D eigenvalue weighted by Gasteiger charge is 2.21. The Labute approximate surface area is 121 Å². The molecule has 0 saturated carbocycles. The Bertz CT molecular complexity index is 651. The molecule has 1 aliphatic rings. The molecule has 2 heterocycles. The SMILES string of the molecule is Cc1ncsc1CN1CCc2c(cccc2C(=O)O)C1. The Morgan fingerprint density at radius 3 is 3.05 bits per heavy atom.